The number of unbranched alkanes of at least 4 members (excludes halogenated alkanes) is 21. The van der Waals surface area contributed by atoms with Gasteiger partial charge in [-0.15, -0.1) is 0 Å². The summed E-state index contributed by atoms with van der Waals surface area (Å²) in [5.74, 6) is -0.329. The molecule has 1 N–H and O–H groups in total. The van der Waals surface area contributed by atoms with Gasteiger partial charge in [0.25, 0.3) is 0 Å². The number of hydrogen-bond donors (Lipinski definition) is 1. The fraction of sp³-hybridized carbons (Fsp3) is 0.854. The molecule has 0 bridgehead atoms. The minimum atomic E-state index is -0.329. The fourth-order valence-electron chi connectivity index (χ4n) is 6.09. The van der Waals surface area contributed by atoms with Gasteiger partial charge in [0.15, 0.2) is 5.79 Å². The third-order valence-corrected chi connectivity index (χ3v) is 9.10. The molecule has 1 aliphatic rings. The summed E-state index contributed by atoms with van der Waals surface area (Å²) in [6.45, 7) is 8.28. The van der Waals surface area contributed by atoms with E-state index in [0.717, 1.165) is 52.0 Å². The monoisotopic (exact) mass is 616 g/mol. The van der Waals surface area contributed by atoms with Gasteiger partial charge in [0.2, 0.25) is 0 Å². The fourth-order valence-corrected chi connectivity index (χ4v) is 6.09. The molecule has 1 rings (SSSR count). The molecule has 0 saturated carbocycles. The highest BCUT2D eigenvalue weighted by Gasteiger charge is 2.33. The zero-order valence-corrected chi connectivity index (χ0v) is 29.9. The molecule has 1 heterocycles. The van der Waals surface area contributed by atoms with Crippen molar-refractivity contribution in [3.05, 3.63) is 36.5 Å². The first kappa shape index (κ1) is 41.1. The Morgan fingerprint density at radius 2 is 0.773 bits per heavy atom. The summed E-state index contributed by atoms with van der Waals surface area (Å²) in [7, 11) is 0. The molecule has 0 spiro atoms. The molecule has 0 aliphatic carbocycles. The molecular formula is C41H77NO2. The Hall–Kier alpha value is -0.900. The van der Waals surface area contributed by atoms with Gasteiger partial charge in [0.05, 0.1) is 13.2 Å². The lowest BCUT2D eigenvalue weighted by Crippen LogP contribution is -2.46. The predicted molar refractivity (Wildman–Crippen MR) is 196 cm³/mol. The Morgan fingerprint density at radius 3 is 1.23 bits per heavy atom. The largest absolute Gasteiger partial charge is 0.350 e. The Morgan fingerprint density at radius 1 is 0.432 bits per heavy atom. The minimum Gasteiger partial charge on any atom is -0.350 e. The Kier molecular flexibility index (Phi) is 31.3. The van der Waals surface area contributed by atoms with E-state index >= 15 is 0 Å². The van der Waals surface area contributed by atoms with E-state index < -0.39 is 0 Å². The zero-order valence-electron chi connectivity index (χ0n) is 29.9. The molecule has 0 aromatic carbocycles. The number of ether oxygens (including phenoxy) is 2. The van der Waals surface area contributed by atoms with Crippen LogP contribution >= 0.6 is 0 Å². The number of piperidine rings is 1. The van der Waals surface area contributed by atoms with E-state index in [2.05, 4.69) is 55.6 Å². The molecule has 1 aliphatic heterocycles. The van der Waals surface area contributed by atoms with Crippen LogP contribution in [0.1, 0.15) is 194 Å². The normalized spacial score (nSPS) is 15.4. The Labute approximate surface area is 276 Å². The third-order valence-electron chi connectivity index (χ3n) is 9.10. The van der Waals surface area contributed by atoms with Crippen molar-refractivity contribution in [3.8, 4) is 0 Å². The number of rotatable bonds is 33. The van der Waals surface area contributed by atoms with Gasteiger partial charge >= 0.3 is 0 Å². The molecule has 0 aromatic rings. The maximum Gasteiger partial charge on any atom is 0.170 e. The van der Waals surface area contributed by atoms with Crippen LogP contribution in [0.4, 0.5) is 0 Å². The highest BCUT2D eigenvalue weighted by atomic mass is 16.7. The van der Waals surface area contributed by atoms with Crippen molar-refractivity contribution in [3.63, 3.8) is 0 Å². The second-order valence-electron chi connectivity index (χ2n) is 13.4. The van der Waals surface area contributed by atoms with Gasteiger partial charge < -0.3 is 14.8 Å². The van der Waals surface area contributed by atoms with Crippen molar-refractivity contribution in [2.75, 3.05) is 26.3 Å². The van der Waals surface area contributed by atoms with Gasteiger partial charge in [0, 0.05) is 25.9 Å². The van der Waals surface area contributed by atoms with E-state index in [1.807, 2.05) is 0 Å². The summed E-state index contributed by atoms with van der Waals surface area (Å²) >= 11 is 0. The molecule has 1 saturated heterocycles. The third kappa shape index (κ3) is 27.4. The van der Waals surface area contributed by atoms with Crippen LogP contribution in [0.15, 0.2) is 36.5 Å². The maximum atomic E-state index is 6.44. The van der Waals surface area contributed by atoms with Crippen molar-refractivity contribution in [1.29, 1.82) is 0 Å². The van der Waals surface area contributed by atoms with Crippen molar-refractivity contribution in [2.24, 2.45) is 0 Å². The molecular weight excluding hydrogens is 538 g/mol. The molecule has 3 heteroatoms. The smallest absolute Gasteiger partial charge is 0.170 e. The van der Waals surface area contributed by atoms with Crippen LogP contribution < -0.4 is 5.32 Å². The molecule has 44 heavy (non-hydrogen) atoms. The van der Waals surface area contributed by atoms with Gasteiger partial charge in [0.1, 0.15) is 0 Å². The Balaban J connectivity index is 1.95. The standard InChI is InChI=1S/C41H77NO2/c1-3-5-7-9-11-13-15-17-19-21-23-25-27-29-31-33-39-43-41(35-37-42-38-36-41)44-40-34-32-30-28-26-24-22-20-18-16-14-12-10-8-6-4-2/h11,13,17-20,42H,3-10,12,14-16,21-40H2,1-2H3/b13-11-,19-17-,20-18-. The van der Waals surface area contributed by atoms with Gasteiger partial charge in [-0.2, -0.15) is 0 Å². The average Bonchev–Trinajstić information content (AvgIpc) is 3.04. The molecule has 0 unspecified atom stereocenters. The van der Waals surface area contributed by atoms with Crippen molar-refractivity contribution < 1.29 is 9.47 Å². The summed E-state index contributed by atoms with van der Waals surface area (Å²) in [4.78, 5) is 0. The van der Waals surface area contributed by atoms with Crippen LogP contribution in [-0.4, -0.2) is 32.1 Å². The van der Waals surface area contributed by atoms with E-state index in [4.69, 9.17) is 9.47 Å². The van der Waals surface area contributed by atoms with Crippen molar-refractivity contribution >= 4 is 0 Å². The van der Waals surface area contributed by atoms with E-state index in [-0.39, 0.29) is 5.79 Å². The minimum absolute atomic E-state index is 0.329. The van der Waals surface area contributed by atoms with E-state index in [1.165, 1.54) is 154 Å². The molecule has 0 radical (unpaired) electrons. The van der Waals surface area contributed by atoms with Crippen LogP contribution in [0.5, 0.6) is 0 Å². The molecule has 0 atom stereocenters. The summed E-state index contributed by atoms with van der Waals surface area (Å²) in [5, 5.41) is 3.48. The Bertz CT molecular complexity index is 649. The lowest BCUT2D eigenvalue weighted by Gasteiger charge is -2.37. The quantitative estimate of drug-likeness (QED) is 0.0452. The molecule has 258 valence electrons. The summed E-state index contributed by atoms with van der Waals surface area (Å²) in [5.41, 5.74) is 0. The second kappa shape index (κ2) is 33.5. The zero-order chi connectivity index (χ0) is 31.5. The van der Waals surface area contributed by atoms with Crippen LogP contribution in [0.2, 0.25) is 0 Å². The molecule has 0 aromatic heterocycles. The van der Waals surface area contributed by atoms with Gasteiger partial charge in [-0.05, 0) is 70.6 Å². The summed E-state index contributed by atoms with van der Waals surface area (Å²) in [6.07, 6.45) is 50.4. The van der Waals surface area contributed by atoms with Crippen LogP contribution in [0.25, 0.3) is 0 Å². The topological polar surface area (TPSA) is 30.5 Å². The molecule has 3 nitrogen and oxygen atoms in total. The summed E-state index contributed by atoms with van der Waals surface area (Å²) in [6, 6.07) is 0. The lowest BCUT2D eigenvalue weighted by molar-refractivity contribution is -0.250. The first-order chi connectivity index (χ1) is 21.8. The average molecular weight is 616 g/mol. The van der Waals surface area contributed by atoms with E-state index in [1.54, 1.807) is 0 Å². The maximum absolute atomic E-state index is 6.44. The highest BCUT2D eigenvalue weighted by molar-refractivity contribution is 4.92. The van der Waals surface area contributed by atoms with Gasteiger partial charge in [-0.3, -0.25) is 0 Å². The number of nitrogens with one attached hydrogen (secondary N) is 1. The van der Waals surface area contributed by atoms with Crippen molar-refractivity contribution in [1.82, 2.24) is 5.32 Å². The van der Waals surface area contributed by atoms with Crippen LogP contribution in [0.3, 0.4) is 0 Å². The van der Waals surface area contributed by atoms with E-state index in [0.29, 0.717) is 0 Å². The van der Waals surface area contributed by atoms with E-state index in [9.17, 15) is 0 Å². The van der Waals surface area contributed by atoms with Gasteiger partial charge in [-0.25, -0.2) is 0 Å². The molecule has 1 fully saturated rings. The number of allylic oxidation sites excluding steroid dienone is 6. The van der Waals surface area contributed by atoms with Crippen molar-refractivity contribution in [2.45, 2.75) is 199 Å². The second-order valence-corrected chi connectivity index (χ2v) is 13.4. The summed E-state index contributed by atoms with van der Waals surface area (Å²) < 4.78 is 12.9. The predicted octanol–water partition coefficient (Wildman–Crippen LogP) is 13.0. The first-order valence-corrected chi connectivity index (χ1v) is 19.8. The number of hydrogen-bond acceptors (Lipinski definition) is 3. The first-order valence-electron chi connectivity index (χ1n) is 19.8. The SMILES string of the molecule is CCCCC/C=C\C/C=C\CCCCCCCCOC1(OCCCCCCCC/C=C\CCCCCCCC)CCNCC1. The van der Waals surface area contributed by atoms with Crippen LogP contribution in [-0.2, 0) is 9.47 Å². The van der Waals surface area contributed by atoms with Crippen LogP contribution in [0, 0.1) is 0 Å². The molecule has 0 amide bonds. The van der Waals surface area contributed by atoms with Gasteiger partial charge in [-0.1, -0.05) is 147 Å². The lowest BCUT2D eigenvalue weighted by atomic mass is 10.0. The highest BCUT2D eigenvalue weighted by Crippen LogP contribution is 2.26.